The van der Waals surface area contributed by atoms with Gasteiger partial charge in [-0.25, -0.2) is 9.13 Å². The maximum Gasteiger partial charge on any atom is 0.472 e. The lowest BCUT2D eigenvalue weighted by Crippen LogP contribution is -2.30. The lowest BCUT2D eigenvalue weighted by atomic mass is 10.0. The number of unbranched alkanes of at least 4 members (excludes halogenated alkanes) is 45. The fraction of sp³-hybridized carbons (Fsp3) is 0.947. The standard InChI is InChI=1S/C76H148O17P2/c1-7-9-11-13-15-17-27-36-42-48-54-60-75(80)92-71(64-86-73(78)58-52-46-40-32-16-14-12-10-8-2)66-90-94(82,83)88-62-70(77)63-89-95(84,85)91-67-72(65-87-74(79)59-53-47-41-35-30-25-22-21-24-29-34-39-45-51-57-69(5)6)93-76(81)61-55-49-43-37-31-26-20-18-19-23-28-33-38-44-50-56-68(3)4/h68-72,77H,7-67H2,1-6H3,(H,82,83)(H,84,85)/t70-,71+,72+/m0/s1. The predicted octanol–water partition coefficient (Wildman–Crippen LogP) is 22.3. The molecule has 17 nitrogen and oxygen atoms in total. The van der Waals surface area contributed by atoms with E-state index in [1.54, 1.807) is 0 Å². The number of hydrogen-bond acceptors (Lipinski definition) is 15. The van der Waals surface area contributed by atoms with Crippen molar-refractivity contribution in [1.29, 1.82) is 0 Å². The molecule has 0 aliphatic rings. The molecule has 0 aromatic rings. The molecule has 0 aliphatic heterocycles. The van der Waals surface area contributed by atoms with Crippen LogP contribution in [0.5, 0.6) is 0 Å². The van der Waals surface area contributed by atoms with Gasteiger partial charge in [0.2, 0.25) is 0 Å². The summed E-state index contributed by atoms with van der Waals surface area (Å²) < 4.78 is 68.5. The molecule has 0 aromatic carbocycles. The van der Waals surface area contributed by atoms with Crippen LogP contribution in [-0.4, -0.2) is 96.7 Å². The van der Waals surface area contributed by atoms with Crippen LogP contribution < -0.4 is 0 Å². The van der Waals surface area contributed by atoms with E-state index in [-0.39, 0.29) is 25.7 Å². The second-order valence-electron chi connectivity index (χ2n) is 28.3. The molecule has 0 bridgehead atoms. The van der Waals surface area contributed by atoms with E-state index in [1.165, 1.54) is 212 Å². The lowest BCUT2D eigenvalue weighted by Gasteiger charge is -2.21. The molecule has 19 heteroatoms. The van der Waals surface area contributed by atoms with Crippen LogP contribution in [0.3, 0.4) is 0 Å². The van der Waals surface area contributed by atoms with Crippen molar-refractivity contribution in [2.24, 2.45) is 11.8 Å². The minimum Gasteiger partial charge on any atom is -0.462 e. The van der Waals surface area contributed by atoms with Crippen LogP contribution in [0.1, 0.15) is 395 Å². The second kappa shape index (κ2) is 67.9. The predicted molar refractivity (Wildman–Crippen MR) is 386 cm³/mol. The fourth-order valence-electron chi connectivity index (χ4n) is 11.7. The molecule has 3 N–H and O–H groups in total. The van der Waals surface area contributed by atoms with Gasteiger partial charge in [0, 0.05) is 25.7 Å². The Balaban J connectivity index is 5.21. The second-order valence-corrected chi connectivity index (χ2v) is 31.3. The van der Waals surface area contributed by atoms with E-state index in [0.29, 0.717) is 25.7 Å². The third-order valence-corrected chi connectivity index (χ3v) is 19.6. The maximum absolute atomic E-state index is 13.1. The molecular weight excluding hydrogens is 1250 g/mol. The number of esters is 4. The van der Waals surface area contributed by atoms with Crippen LogP contribution in [-0.2, 0) is 65.4 Å². The fourth-order valence-corrected chi connectivity index (χ4v) is 13.2. The van der Waals surface area contributed by atoms with E-state index in [2.05, 4.69) is 41.5 Å². The minimum absolute atomic E-state index is 0.107. The highest BCUT2D eigenvalue weighted by atomic mass is 31.2. The van der Waals surface area contributed by atoms with E-state index >= 15 is 0 Å². The van der Waals surface area contributed by atoms with Crippen LogP contribution in [0.25, 0.3) is 0 Å². The number of carbonyl (C=O) groups excluding carboxylic acids is 4. The molecule has 0 saturated carbocycles. The molecule has 564 valence electrons. The van der Waals surface area contributed by atoms with Gasteiger partial charge in [0.1, 0.15) is 19.3 Å². The minimum atomic E-state index is -4.96. The Bertz CT molecular complexity index is 1840. The van der Waals surface area contributed by atoms with E-state index < -0.39 is 97.5 Å². The Kier molecular flexibility index (Phi) is 66.5. The maximum atomic E-state index is 13.1. The molecule has 0 radical (unpaired) electrons. The molecule has 0 saturated heterocycles. The van der Waals surface area contributed by atoms with Crippen LogP contribution in [0.15, 0.2) is 0 Å². The number of rotatable bonds is 75. The quantitative estimate of drug-likeness (QED) is 0.0222. The Morgan fingerprint density at radius 3 is 0.716 bits per heavy atom. The highest BCUT2D eigenvalue weighted by Gasteiger charge is 2.30. The number of carbonyl (C=O) groups is 4. The van der Waals surface area contributed by atoms with E-state index in [9.17, 15) is 43.2 Å². The van der Waals surface area contributed by atoms with Gasteiger partial charge in [0.05, 0.1) is 26.4 Å². The smallest absolute Gasteiger partial charge is 0.462 e. The van der Waals surface area contributed by atoms with Gasteiger partial charge in [-0.1, -0.05) is 343 Å². The van der Waals surface area contributed by atoms with Crippen molar-refractivity contribution in [1.82, 2.24) is 0 Å². The zero-order chi connectivity index (χ0) is 70.0. The first kappa shape index (κ1) is 93.1. The van der Waals surface area contributed by atoms with Gasteiger partial charge < -0.3 is 33.8 Å². The summed E-state index contributed by atoms with van der Waals surface area (Å²) in [7, 11) is -9.91. The van der Waals surface area contributed by atoms with Gasteiger partial charge in [-0.15, -0.1) is 0 Å². The van der Waals surface area contributed by atoms with Crippen LogP contribution in [0.2, 0.25) is 0 Å². The van der Waals surface area contributed by atoms with E-state index in [4.69, 9.17) is 37.0 Å². The number of phosphoric acid groups is 2. The Morgan fingerprint density at radius 1 is 0.284 bits per heavy atom. The summed E-state index contributed by atoms with van der Waals surface area (Å²) in [6, 6.07) is 0. The van der Waals surface area contributed by atoms with Gasteiger partial charge >= 0.3 is 39.5 Å². The topological polar surface area (TPSA) is 237 Å². The molecule has 0 fully saturated rings. The summed E-state index contributed by atoms with van der Waals surface area (Å²) in [6.07, 6.45) is 55.4. The van der Waals surface area contributed by atoms with Crippen molar-refractivity contribution >= 4 is 39.5 Å². The summed E-state index contributed by atoms with van der Waals surface area (Å²) in [5, 5.41) is 10.6. The van der Waals surface area contributed by atoms with Gasteiger partial charge in [0.25, 0.3) is 0 Å². The largest absolute Gasteiger partial charge is 0.472 e. The highest BCUT2D eigenvalue weighted by Crippen LogP contribution is 2.45. The van der Waals surface area contributed by atoms with Crippen LogP contribution in [0.4, 0.5) is 0 Å². The zero-order valence-electron chi connectivity index (χ0n) is 62.0. The number of aliphatic hydroxyl groups is 1. The third kappa shape index (κ3) is 70.3. The number of ether oxygens (including phenoxy) is 4. The zero-order valence-corrected chi connectivity index (χ0v) is 63.8. The Hall–Kier alpha value is -1.94. The summed E-state index contributed by atoms with van der Waals surface area (Å²) in [5.41, 5.74) is 0. The molecule has 2 unspecified atom stereocenters. The average Bonchev–Trinajstić information content (AvgIpc) is 2.22. The molecule has 5 atom stereocenters. The number of hydrogen-bond donors (Lipinski definition) is 3. The van der Waals surface area contributed by atoms with Crippen molar-refractivity contribution in [2.75, 3.05) is 39.6 Å². The molecular formula is C76H148O17P2. The molecule has 0 aromatic heterocycles. The van der Waals surface area contributed by atoms with Crippen molar-refractivity contribution in [3.63, 3.8) is 0 Å². The van der Waals surface area contributed by atoms with Gasteiger partial charge in [-0.2, -0.15) is 0 Å². The van der Waals surface area contributed by atoms with Crippen molar-refractivity contribution < 1.29 is 80.2 Å². The Labute approximate surface area is 581 Å². The van der Waals surface area contributed by atoms with Gasteiger partial charge in [-0.05, 0) is 37.5 Å². The summed E-state index contributed by atoms with van der Waals surface area (Å²) in [4.78, 5) is 72.7. The summed E-state index contributed by atoms with van der Waals surface area (Å²) >= 11 is 0. The van der Waals surface area contributed by atoms with Crippen molar-refractivity contribution in [3.8, 4) is 0 Å². The molecule has 0 spiro atoms. The van der Waals surface area contributed by atoms with E-state index in [0.717, 1.165) is 102 Å². The average molecular weight is 1400 g/mol. The van der Waals surface area contributed by atoms with Crippen molar-refractivity contribution in [2.45, 2.75) is 413 Å². The molecule has 0 rings (SSSR count). The first-order valence-corrected chi connectivity index (χ1v) is 42.5. The van der Waals surface area contributed by atoms with Gasteiger partial charge in [0.15, 0.2) is 12.2 Å². The first-order chi connectivity index (χ1) is 45.9. The number of aliphatic hydroxyl groups excluding tert-OH is 1. The lowest BCUT2D eigenvalue weighted by molar-refractivity contribution is -0.161. The highest BCUT2D eigenvalue weighted by molar-refractivity contribution is 7.47. The van der Waals surface area contributed by atoms with E-state index in [1.807, 2.05) is 0 Å². The van der Waals surface area contributed by atoms with Crippen molar-refractivity contribution in [3.05, 3.63) is 0 Å². The molecule has 0 aliphatic carbocycles. The monoisotopic (exact) mass is 1400 g/mol. The van der Waals surface area contributed by atoms with Gasteiger partial charge in [-0.3, -0.25) is 37.3 Å². The molecule has 0 amide bonds. The summed E-state index contributed by atoms with van der Waals surface area (Å²) in [5.74, 6) is -0.514. The normalized spacial score (nSPS) is 14.0. The summed E-state index contributed by atoms with van der Waals surface area (Å²) in [6.45, 7) is 9.63. The van der Waals surface area contributed by atoms with Crippen LogP contribution >= 0.6 is 15.6 Å². The molecule has 95 heavy (non-hydrogen) atoms. The number of phosphoric ester groups is 2. The SMILES string of the molecule is CCCCCCCCCCCCCC(=O)O[C@H](COC(=O)CCCCCCCCCCC)COP(=O)(O)OC[C@H](O)COP(=O)(O)OC[C@@H](COC(=O)CCCCCCCCCCCCCCCCC(C)C)OC(=O)CCCCCCCCCCCCCCCCCC(C)C. The first-order valence-electron chi connectivity index (χ1n) is 39.5. The Morgan fingerprint density at radius 2 is 0.484 bits per heavy atom. The molecule has 0 heterocycles. The van der Waals surface area contributed by atoms with Crippen LogP contribution in [0, 0.1) is 11.8 Å². The third-order valence-electron chi connectivity index (χ3n) is 17.7.